The van der Waals surface area contributed by atoms with Gasteiger partial charge in [-0.1, -0.05) is 0 Å². The molecule has 0 bridgehead atoms. The molecule has 96 valence electrons. The van der Waals surface area contributed by atoms with Gasteiger partial charge in [0.05, 0.1) is 12.3 Å². The molecule has 1 aliphatic heterocycles. The number of rotatable bonds is 2. The Bertz CT molecular complexity index is 484. The molecule has 1 aromatic heterocycles. The van der Waals surface area contributed by atoms with Crippen LogP contribution in [0, 0.1) is 10.1 Å². The number of hydrogen-bond donors (Lipinski definition) is 0. The Morgan fingerprint density at radius 1 is 1.50 bits per heavy atom. The Kier molecular flexibility index (Phi) is 3.00. The van der Waals surface area contributed by atoms with Gasteiger partial charge in [-0.3, -0.25) is 4.79 Å². The van der Waals surface area contributed by atoms with Crippen LogP contribution in [0.2, 0.25) is 0 Å². The van der Waals surface area contributed by atoms with Gasteiger partial charge in [0.1, 0.15) is 5.60 Å². The monoisotopic (exact) mass is 251 g/mol. The second-order valence-electron chi connectivity index (χ2n) is 4.45. The van der Waals surface area contributed by atoms with Crippen molar-refractivity contribution in [1.29, 1.82) is 0 Å². The SMILES string of the molecule is CC1(C)OCCN(c2ccc([N+](=O)[O-])nc2)C1=O. The fourth-order valence-electron chi connectivity index (χ4n) is 1.77. The van der Waals surface area contributed by atoms with E-state index in [4.69, 9.17) is 4.74 Å². The van der Waals surface area contributed by atoms with Crippen molar-refractivity contribution < 1.29 is 14.5 Å². The summed E-state index contributed by atoms with van der Waals surface area (Å²) in [5, 5.41) is 10.5. The fourth-order valence-corrected chi connectivity index (χ4v) is 1.77. The van der Waals surface area contributed by atoms with E-state index in [2.05, 4.69) is 4.98 Å². The lowest BCUT2D eigenvalue weighted by Gasteiger charge is -2.36. The normalized spacial score (nSPS) is 18.8. The van der Waals surface area contributed by atoms with Crippen LogP contribution in [0.1, 0.15) is 13.8 Å². The Labute approximate surface area is 104 Å². The molecule has 1 saturated heterocycles. The van der Waals surface area contributed by atoms with Crippen molar-refractivity contribution in [2.24, 2.45) is 0 Å². The maximum Gasteiger partial charge on any atom is 0.363 e. The van der Waals surface area contributed by atoms with Crippen LogP contribution < -0.4 is 4.90 Å². The van der Waals surface area contributed by atoms with Crippen LogP contribution >= 0.6 is 0 Å². The minimum absolute atomic E-state index is 0.176. The van der Waals surface area contributed by atoms with Crippen LogP contribution in [-0.2, 0) is 9.53 Å². The van der Waals surface area contributed by atoms with Crippen LogP contribution in [-0.4, -0.2) is 34.6 Å². The summed E-state index contributed by atoms with van der Waals surface area (Å²) in [6.07, 6.45) is 1.33. The van der Waals surface area contributed by atoms with Crippen molar-refractivity contribution in [3.63, 3.8) is 0 Å². The number of pyridine rings is 1. The van der Waals surface area contributed by atoms with Crippen LogP contribution in [0.4, 0.5) is 11.5 Å². The van der Waals surface area contributed by atoms with Crippen LogP contribution in [0.5, 0.6) is 0 Å². The number of ether oxygens (including phenoxy) is 1. The predicted octanol–water partition coefficient (Wildman–Crippen LogP) is 1.13. The molecule has 0 N–H and O–H groups in total. The third-order valence-corrected chi connectivity index (χ3v) is 2.77. The number of amides is 1. The third kappa shape index (κ3) is 2.17. The van der Waals surface area contributed by atoms with Crippen molar-refractivity contribution in [3.8, 4) is 0 Å². The van der Waals surface area contributed by atoms with Crippen molar-refractivity contribution >= 4 is 17.4 Å². The van der Waals surface area contributed by atoms with E-state index in [1.165, 1.54) is 23.2 Å². The third-order valence-electron chi connectivity index (χ3n) is 2.77. The van der Waals surface area contributed by atoms with Gasteiger partial charge in [-0.15, -0.1) is 0 Å². The molecule has 0 saturated carbocycles. The van der Waals surface area contributed by atoms with Gasteiger partial charge in [0.2, 0.25) is 0 Å². The van der Waals surface area contributed by atoms with Crippen LogP contribution in [0.15, 0.2) is 18.3 Å². The molecular formula is C11H13N3O4. The summed E-state index contributed by atoms with van der Waals surface area (Å²) >= 11 is 0. The number of nitrogens with zero attached hydrogens (tertiary/aromatic N) is 3. The maximum absolute atomic E-state index is 12.1. The molecule has 1 fully saturated rings. The van der Waals surface area contributed by atoms with Gasteiger partial charge >= 0.3 is 5.82 Å². The lowest BCUT2D eigenvalue weighted by atomic mass is 10.1. The molecule has 18 heavy (non-hydrogen) atoms. The highest BCUT2D eigenvalue weighted by Gasteiger charge is 2.37. The first kappa shape index (κ1) is 12.4. The molecule has 2 heterocycles. The van der Waals surface area contributed by atoms with Crippen molar-refractivity contribution in [2.75, 3.05) is 18.1 Å². The number of morpholine rings is 1. The molecule has 0 spiro atoms. The Balaban J connectivity index is 2.26. The average molecular weight is 251 g/mol. The van der Waals surface area contributed by atoms with E-state index in [1.54, 1.807) is 13.8 Å². The zero-order chi connectivity index (χ0) is 13.3. The number of carbonyl (C=O) groups excluding carboxylic acids is 1. The minimum atomic E-state index is -0.875. The summed E-state index contributed by atoms with van der Waals surface area (Å²) in [7, 11) is 0. The molecular weight excluding hydrogens is 238 g/mol. The highest BCUT2D eigenvalue weighted by molar-refractivity contribution is 5.99. The van der Waals surface area contributed by atoms with Gasteiger partial charge in [0.25, 0.3) is 5.91 Å². The van der Waals surface area contributed by atoms with E-state index >= 15 is 0 Å². The first-order valence-corrected chi connectivity index (χ1v) is 5.48. The standard InChI is InChI=1S/C11H13N3O4/c1-11(2)10(15)13(5-6-18-11)8-3-4-9(12-7-8)14(16)17/h3-4,7H,5-6H2,1-2H3. The van der Waals surface area contributed by atoms with Gasteiger partial charge in [-0.2, -0.15) is 0 Å². The van der Waals surface area contributed by atoms with Crippen molar-refractivity contribution in [3.05, 3.63) is 28.4 Å². The maximum atomic E-state index is 12.1. The fraction of sp³-hybridized carbons (Fsp3) is 0.455. The second-order valence-corrected chi connectivity index (χ2v) is 4.45. The Morgan fingerprint density at radius 3 is 2.78 bits per heavy atom. The van der Waals surface area contributed by atoms with Crippen molar-refractivity contribution in [1.82, 2.24) is 4.98 Å². The molecule has 7 heteroatoms. The summed E-state index contributed by atoms with van der Waals surface area (Å²) < 4.78 is 5.37. The lowest BCUT2D eigenvalue weighted by molar-refractivity contribution is -0.389. The highest BCUT2D eigenvalue weighted by Crippen LogP contribution is 2.24. The van der Waals surface area contributed by atoms with E-state index in [1.807, 2.05) is 0 Å². The molecule has 1 aliphatic rings. The number of hydrogen-bond acceptors (Lipinski definition) is 5. The summed E-state index contributed by atoms with van der Waals surface area (Å²) in [4.78, 5) is 27.3. The molecule has 0 atom stereocenters. The summed E-state index contributed by atoms with van der Waals surface area (Å²) in [6, 6.07) is 2.80. The largest absolute Gasteiger partial charge is 0.364 e. The molecule has 1 amide bonds. The number of anilines is 1. The van der Waals surface area contributed by atoms with E-state index in [9.17, 15) is 14.9 Å². The second kappa shape index (κ2) is 4.34. The molecule has 0 aliphatic carbocycles. The predicted molar refractivity (Wildman–Crippen MR) is 63.3 cm³/mol. The average Bonchev–Trinajstić information content (AvgIpc) is 2.33. The molecule has 1 aromatic rings. The smallest absolute Gasteiger partial charge is 0.363 e. The zero-order valence-corrected chi connectivity index (χ0v) is 10.1. The molecule has 7 nitrogen and oxygen atoms in total. The van der Waals surface area contributed by atoms with E-state index in [-0.39, 0.29) is 11.7 Å². The van der Waals surface area contributed by atoms with Gasteiger partial charge in [-0.25, -0.2) is 0 Å². The number of aromatic nitrogens is 1. The van der Waals surface area contributed by atoms with E-state index in [0.717, 1.165) is 0 Å². The topological polar surface area (TPSA) is 85.6 Å². The van der Waals surface area contributed by atoms with Crippen molar-refractivity contribution in [2.45, 2.75) is 19.4 Å². The summed E-state index contributed by atoms with van der Waals surface area (Å²) in [5.41, 5.74) is -0.331. The Hall–Kier alpha value is -2.02. The molecule has 0 aromatic carbocycles. The zero-order valence-electron chi connectivity index (χ0n) is 10.1. The highest BCUT2D eigenvalue weighted by atomic mass is 16.6. The molecule has 2 rings (SSSR count). The quantitative estimate of drug-likeness (QED) is 0.581. The molecule has 0 unspecified atom stereocenters. The van der Waals surface area contributed by atoms with E-state index < -0.39 is 10.5 Å². The first-order chi connectivity index (χ1) is 8.42. The van der Waals surface area contributed by atoms with Gasteiger partial charge in [0.15, 0.2) is 6.20 Å². The number of nitro groups is 1. The number of carbonyl (C=O) groups is 1. The lowest BCUT2D eigenvalue weighted by Crippen LogP contribution is -2.53. The first-order valence-electron chi connectivity index (χ1n) is 5.48. The van der Waals surface area contributed by atoms with Crippen LogP contribution in [0.3, 0.4) is 0 Å². The van der Waals surface area contributed by atoms with Gasteiger partial charge < -0.3 is 19.8 Å². The van der Waals surface area contributed by atoms with Gasteiger partial charge in [-0.05, 0) is 29.8 Å². The minimum Gasteiger partial charge on any atom is -0.364 e. The molecule has 0 radical (unpaired) electrons. The van der Waals surface area contributed by atoms with Crippen LogP contribution in [0.25, 0.3) is 0 Å². The summed E-state index contributed by atoms with van der Waals surface area (Å²) in [6.45, 7) is 4.23. The van der Waals surface area contributed by atoms with Gasteiger partial charge in [0, 0.05) is 12.6 Å². The Morgan fingerprint density at radius 2 is 2.22 bits per heavy atom. The summed E-state index contributed by atoms with van der Waals surface area (Å²) in [5.74, 6) is -0.414. The van der Waals surface area contributed by atoms with E-state index in [0.29, 0.717) is 18.8 Å².